The zero-order valence-corrected chi connectivity index (χ0v) is 22.8. The average molecular weight is 534 g/mol. The van der Waals surface area contributed by atoms with Crippen LogP contribution in [0.2, 0.25) is 0 Å². The van der Waals surface area contributed by atoms with Crippen molar-refractivity contribution in [1.82, 2.24) is 23.7 Å². The molecule has 0 aliphatic carbocycles. The van der Waals surface area contributed by atoms with E-state index in [0.29, 0.717) is 55.1 Å². The summed E-state index contributed by atoms with van der Waals surface area (Å²) in [6.07, 6.45) is 1.46. The average Bonchev–Trinajstić information content (AvgIpc) is 3.13. The first-order chi connectivity index (χ1) is 17.7. The van der Waals surface area contributed by atoms with E-state index in [9.17, 15) is 17.6 Å². The summed E-state index contributed by atoms with van der Waals surface area (Å²) in [6, 6.07) is 6.49. The fourth-order valence-corrected chi connectivity index (χ4v) is 6.59. The molecule has 0 amide bonds. The third kappa shape index (κ3) is 5.36. The van der Waals surface area contributed by atoms with Crippen LogP contribution >= 0.6 is 0 Å². The summed E-state index contributed by atoms with van der Waals surface area (Å²) >= 11 is 0. The maximum atomic E-state index is 13.7. The topological polar surface area (TPSA) is 101 Å². The number of aromatic amines is 1. The zero-order valence-electron chi connectivity index (χ0n) is 22.0. The van der Waals surface area contributed by atoms with Crippen molar-refractivity contribution in [2.45, 2.75) is 51.2 Å². The number of hydrogen-bond donors (Lipinski definition) is 1. The number of piperazine rings is 1. The fraction of sp³-hybridized carbons (Fsp3) is 0.538. The summed E-state index contributed by atoms with van der Waals surface area (Å²) in [5.74, 6) is 0.329. The van der Waals surface area contributed by atoms with Gasteiger partial charge in [0, 0.05) is 51.1 Å². The van der Waals surface area contributed by atoms with Gasteiger partial charge in [0.2, 0.25) is 10.0 Å². The van der Waals surface area contributed by atoms with Crippen molar-refractivity contribution in [3.63, 3.8) is 0 Å². The molecule has 11 heteroatoms. The predicted molar refractivity (Wildman–Crippen MR) is 142 cm³/mol. The van der Waals surface area contributed by atoms with Gasteiger partial charge in [-0.2, -0.15) is 4.31 Å². The van der Waals surface area contributed by atoms with E-state index < -0.39 is 22.9 Å². The molecule has 1 N–H and O–H groups in total. The number of aromatic nitrogens is 3. The summed E-state index contributed by atoms with van der Waals surface area (Å²) in [5, 5.41) is 0. The molecule has 1 atom stereocenters. The third-order valence-corrected chi connectivity index (χ3v) is 8.89. The highest BCUT2D eigenvalue weighted by Crippen LogP contribution is 2.28. The smallest absolute Gasteiger partial charge is 0.275 e. The van der Waals surface area contributed by atoms with Gasteiger partial charge in [-0.15, -0.1) is 0 Å². The first-order valence-electron chi connectivity index (χ1n) is 12.8. The van der Waals surface area contributed by atoms with E-state index in [1.807, 2.05) is 30.4 Å². The monoisotopic (exact) mass is 533 g/mol. The Kier molecular flexibility index (Phi) is 8.47. The van der Waals surface area contributed by atoms with E-state index >= 15 is 0 Å². The molecule has 0 spiro atoms. The van der Waals surface area contributed by atoms with Crippen LogP contribution in [0.15, 0.2) is 34.0 Å². The van der Waals surface area contributed by atoms with Crippen LogP contribution in [0.3, 0.4) is 0 Å². The van der Waals surface area contributed by atoms with Crippen LogP contribution in [-0.4, -0.2) is 77.8 Å². The van der Waals surface area contributed by atoms with Gasteiger partial charge in [0.05, 0.1) is 17.1 Å². The van der Waals surface area contributed by atoms with Crippen molar-refractivity contribution in [3.8, 4) is 11.4 Å². The van der Waals surface area contributed by atoms with Crippen molar-refractivity contribution in [1.29, 1.82) is 0 Å². The summed E-state index contributed by atoms with van der Waals surface area (Å²) in [7, 11) is -2.04. The number of H-pyrrole nitrogens is 1. The first-order valence-corrected chi connectivity index (χ1v) is 14.3. The van der Waals surface area contributed by atoms with Crippen molar-refractivity contribution < 1.29 is 17.5 Å². The molecule has 1 unspecified atom stereocenters. The maximum absolute atomic E-state index is 13.7. The molecule has 0 saturated carbocycles. The standard InChI is InChI=1S/C26H36FN5O4S/c1-5-9-21-18(3)30(4)24-23(21)28-25(29-26(24)33)19-10-7-11-20(16-19)37(34,35)32-15-14-31(13-8-12-27)17-22(32)36-6-2/h7,10-11,16,22H,5-6,8-9,12-15,17H2,1-4H3,(H,28,29,33). The molecule has 3 aromatic rings. The minimum Gasteiger partial charge on any atom is -0.361 e. The molecular weight excluding hydrogens is 497 g/mol. The van der Waals surface area contributed by atoms with Crippen molar-refractivity contribution >= 4 is 21.1 Å². The second-order valence-electron chi connectivity index (χ2n) is 9.38. The normalized spacial score (nSPS) is 17.6. The van der Waals surface area contributed by atoms with Crippen molar-refractivity contribution in [2.24, 2.45) is 7.05 Å². The Morgan fingerprint density at radius 1 is 1.24 bits per heavy atom. The van der Waals surface area contributed by atoms with Gasteiger partial charge in [0.15, 0.2) is 0 Å². The van der Waals surface area contributed by atoms with Crippen LogP contribution in [0, 0.1) is 6.92 Å². The highest BCUT2D eigenvalue weighted by molar-refractivity contribution is 7.89. The minimum atomic E-state index is -3.90. The molecule has 9 nitrogen and oxygen atoms in total. The lowest BCUT2D eigenvalue weighted by atomic mass is 10.1. The van der Waals surface area contributed by atoms with Gasteiger partial charge in [-0.05, 0) is 44.4 Å². The molecule has 1 aliphatic heterocycles. The largest absolute Gasteiger partial charge is 0.361 e. The number of halogens is 1. The second-order valence-corrected chi connectivity index (χ2v) is 11.3. The van der Waals surface area contributed by atoms with E-state index in [0.717, 1.165) is 24.1 Å². The number of rotatable bonds is 10. The third-order valence-electron chi connectivity index (χ3n) is 7.01. The molecule has 1 fully saturated rings. The van der Waals surface area contributed by atoms with Crippen LogP contribution in [0.25, 0.3) is 22.4 Å². The molecule has 202 valence electrons. The van der Waals surface area contributed by atoms with E-state index in [2.05, 4.69) is 11.9 Å². The van der Waals surface area contributed by atoms with Gasteiger partial charge < -0.3 is 14.3 Å². The molecule has 0 radical (unpaired) electrons. The Bertz CT molecular complexity index is 1420. The molecule has 37 heavy (non-hydrogen) atoms. The Morgan fingerprint density at radius 3 is 2.73 bits per heavy atom. The number of aryl methyl sites for hydroxylation is 2. The summed E-state index contributed by atoms with van der Waals surface area (Å²) in [4.78, 5) is 22.8. The summed E-state index contributed by atoms with van der Waals surface area (Å²) < 4.78 is 49.1. The van der Waals surface area contributed by atoms with Gasteiger partial charge in [-0.25, -0.2) is 13.4 Å². The number of benzene rings is 1. The predicted octanol–water partition coefficient (Wildman–Crippen LogP) is 3.22. The van der Waals surface area contributed by atoms with Crippen LogP contribution in [0.1, 0.15) is 37.9 Å². The lowest BCUT2D eigenvalue weighted by Crippen LogP contribution is -2.56. The number of alkyl halides is 1. The molecular formula is C26H36FN5O4S. The Labute approximate surface area is 217 Å². The van der Waals surface area contributed by atoms with Crippen LogP contribution < -0.4 is 5.56 Å². The quantitative estimate of drug-likeness (QED) is 0.430. The van der Waals surface area contributed by atoms with Gasteiger partial charge in [0.25, 0.3) is 5.56 Å². The van der Waals surface area contributed by atoms with Crippen molar-refractivity contribution in [3.05, 3.63) is 45.9 Å². The molecule has 4 rings (SSSR count). The fourth-order valence-electron chi connectivity index (χ4n) is 5.03. The minimum absolute atomic E-state index is 0.104. The highest BCUT2D eigenvalue weighted by Gasteiger charge is 2.36. The highest BCUT2D eigenvalue weighted by atomic mass is 32.2. The molecule has 1 aromatic carbocycles. The molecule has 3 heterocycles. The maximum Gasteiger partial charge on any atom is 0.275 e. The number of sulfonamides is 1. The Morgan fingerprint density at radius 2 is 2.03 bits per heavy atom. The molecule has 2 aromatic heterocycles. The number of nitrogens with zero attached hydrogens (tertiary/aromatic N) is 4. The van der Waals surface area contributed by atoms with Crippen LogP contribution in [-0.2, 0) is 28.2 Å². The number of hydrogen-bond acceptors (Lipinski definition) is 6. The van der Waals surface area contributed by atoms with Crippen LogP contribution in [0.5, 0.6) is 0 Å². The van der Waals surface area contributed by atoms with Gasteiger partial charge in [0.1, 0.15) is 17.6 Å². The summed E-state index contributed by atoms with van der Waals surface area (Å²) in [5.41, 5.74) is 3.44. The number of ether oxygens (including phenoxy) is 1. The molecule has 1 aliphatic rings. The van der Waals surface area contributed by atoms with Gasteiger partial charge in [-0.3, -0.25) is 14.1 Å². The van der Waals surface area contributed by atoms with E-state index in [1.165, 1.54) is 4.31 Å². The number of fused-ring (bicyclic) bond motifs is 1. The second kappa shape index (κ2) is 11.4. The Hall–Kier alpha value is -2.60. The molecule has 0 bridgehead atoms. The van der Waals surface area contributed by atoms with E-state index in [1.54, 1.807) is 24.3 Å². The summed E-state index contributed by atoms with van der Waals surface area (Å²) in [6.45, 7) is 7.51. The zero-order chi connectivity index (χ0) is 26.7. The van der Waals surface area contributed by atoms with E-state index in [4.69, 9.17) is 9.72 Å². The van der Waals surface area contributed by atoms with Crippen molar-refractivity contribution in [2.75, 3.05) is 39.5 Å². The van der Waals surface area contributed by atoms with Crippen LogP contribution in [0.4, 0.5) is 4.39 Å². The SMILES string of the molecule is CCCc1c(C)n(C)c2c(=O)[nH]c(-c3cccc(S(=O)(=O)N4CCN(CCCF)CC4OCC)c3)nc12. The lowest BCUT2D eigenvalue weighted by Gasteiger charge is -2.40. The Balaban J connectivity index is 1.71. The lowest BCUT2D eigenvalue weighted by molar-refractivity contribution is -0.0590. The van der Waals surface area contributed by atoms with Gasteiger partial charge >= 0.3 is 0 Å². The van der Waals surface area contributed by atoms with Gasteiger partial charge in [-0.1, -0.05) is 25.5 Å². The first kappa shape index (κ1) is 27.4. The molecule has 1 saturated heterocycles. The van der Waals surface area contributed by atoms with E-state index in [-0.39, 0.29) is 17.0 Å². The number of nitrogens with one attached hydrogen (secondary N) is 1.